The topological polar surface area (TPSA) is 0 Å². The fourth-order valence-corrected chi connectivity index (χ4v) is 7.44. The van der Waals surface area contributed by atoms with Crippen molar-refractivity contribution >= 4 is 43.1 Å². The summed E-state index contributed by atoms with van der Waals surface area (Å²) in [4.78, 5) is 0. The molecular weight excluding hydrogens is 553 g/mol. The van der Waals surface area contributed by atoms with E-state index in [-0.39, 0.29) is 0 Å². The summed E-state index contributed by atoms with van der Waals surface area (Å²) in [6, 6.07) is 66.5. The van der Waals surface area contributed by atoms with E-state index in [0.29, 0.717) is 0 Å². The van der Waals surface area contributed by atoms with Crippen molar-refractivity contribution in [3.8, 4) is 44.5 Å². The van der Waals surface area contributed by atoms with Crippen molar-refractivity contribution in [3.05, 3.63) is 182 Å². The lowest BCUT2D eigenvalue weighted by Crippen LogP contribution is -1.94. The van der Waals surface area contributed by atoms with Crippen LogP contribution < -0.4 is 0 Å². The third-order valence-electron chi connectivity index (χ3n) is 9.45. The number of rotatable bonds is 4. The predicted octanol–water partition coefficient (Wildman–Crippen LogP) is 13.0. The van der Waals surface area contributed by atoms with Crippen LogP contribution >= 0.6 is 0 Å². The fourth-order valence-electron chi connectivity index (χ4n) is 7.44. The third kappa shape index (κ3) is 4.23. The van der Waals surface area contributed by atoms with Crippen molar-refractivity contribution in [1.82, 2.24) is 0 Å². The van der Waals surface area contributed by atoms with Gasteiger partial charge in [0.05, 0.1) is 0 Å². The van der Waals surface area contributed by atoms with E-state index in [4.69, 9.17) is 0 Å². The first-order valence-corrected chi connectivity index (χ1v) is 15.9. The molecule has 0 bridgehead atoms. The smallest absolute Gasteiger partial charge is 0.00141 e. The third-order valence-corrected chi connectivity index (χ3v) is 9.45. The molecule has 0 spiro atoms. The Morgan fingerprint density at radius 1 is 0.239 bits per heavy atom. The fraction of sp³-hybridized carbons (Fsp3) is 0. The molecule has 9 rings (SSSR count). The van der Waals surface area contributed by atoms with Gasteiger partial charge in [-0.1, -0.05) is 176 Å². The van der Waals surface area contributed by atoms with E-state index in [9.17, 15) is 0 Å². The molecule has 214 valence electrons. The highest BCUT2D eigenvalue weighted by atomic mass is 14.2. The Labute approximate surface area is 268 Å². The van der Waals surface area contributed by atoms with Gasteiger partial charge in [0.2, 0.25) is 0 Å². The minimum Gasteiger partial charge on any atom is -0.0622 e. The molecule has 9 aromatic carbocycles. The van der Waals surface area contributed by atoms with E-state index in [1.54, 1.807) is 0 Å². The molecule has 0 radical (unpaired) electrons. The van der Waals surface area contributed by atoms with Crippen molar-refractivity contribution < 1.29 is 0 Å². The zero-order chi connectivity index (χ0) is 30.5. The van der Waals surface area contributed by atoms with Gasteiger partial charge < -0.3 is 0 Å². The van der Waals surface area contributed by atoms with Gasteiger partial charge in [0.1, 0.15) is 0 Å². The summed E-state index contributed by atoms with van der Waals surface area (Å²) < 4.78 is 0. The van der Waals surface area contributed by atoms with E-state index in [0.717, 1.165) is 0 Å². The second-order valence-corrected chi connectivity index (χ2v) is 12.0. The Kier molecular flexibility index (Phi) is 6.25. The molecule has 0 heteroatoms. The zero-order valence-electron chi connectivity index (χ0n) is 25.3. The first-order chi connectivity index (χ1) is 22.8. The quantitative estimate of drug-likeness (QED) is 0.181. The van der Waals surface area contributed by atoms with Gasteiger partial charge in [-0.3, -0.25) is 0 Å². The summed E-state index contributed by atoms with van der Waals surface area (Å²) >= 11 is 0. The van der Waals surface area contributed by atoms with Gasteiger partial charge in [0.25, 0.3) is 0 Å². The second kappa shape index (κ2) is 10.9. The molecule has 46 heavy (non-hydrogen) atoms. The minimum absolute atomic E-state index is 1.22. The van der Waals surface area contributed by atoms with Crippen LogP contribution in [0, 0.1) is 0 Å². The number of fused-ring (bicyclic) bond motifs is 4. The van der Waals surface area contributed by atoms with Crippen LogP contribution in [0.2, 0.25) is 0 Å². The average Bonchev–Trinajstić information content (AvgIpc) is 3.13. The van der Waals surface area contributed by atoms with E-state index < -0.39 is 0 Å². The van der Waals surface area contributed by atoms with Crippen molar-refractivity contribution in [3.63, 3.8) is 0 Å². The summed E-state index contributed by atoms with van der Waals surface area (Å²) in [6.07, 6.45) is 0. The standard InChI is InChI=1S/C46H30/c1-2-14-33(15-3-1)39-27-13-29-43-45(40-28-12-19-32-17-5-7-23-37(32)40)42-25-9-8-24-41(42)44(46(39)43)35-21-10-20-34(30-35)38-26-11-18-31-16-4-6-22-36(31)38/h1-30H. The molecule has 0 heterocycles. The maximum atomic E-state index is 2.39. The predicted molar refractivity (Wildman–Crippen MR) is 198 cm³/mol. The van der Waals surface area contributed by atoms with Gasteiger partial charge in [-0.15, -0.1) is 0 Å². The summed E-state index contributed by atoms with van der Waals surface area (Å²) in [5.74, 6) is 0. The molecule has 0 fully saturated rings. The molecule has 0 saturated heterocycles. The van der Waals surface area contributed by atoms with Gasteiger partial charge in [0.15, 0.2) is 0 Å². The number of benzene rings is 9. The van der Waals surface area contributed by atoms with E-state index in [2.05, 4.69) is 182 Å². The Hall–Kier alpha value is -5.98. The molecule has 0 nitrogen and oxygen atoms in total. The van der Waals surface area contributed by atoms with Crippen LogP contribution in [-0.4, -0.2) is 0 Å². The van der Waals surface area contributed by atoms with Crippen LogP contribution in [-0.2, 0) is 0 Å². The van der Waals surface area contributed by atoms with Gasteiger partial charge >= 0.3 is 0 Å². The van der Waals surface area contributed by atoms with Crippen LogP contribution in [0.5, 0.6) is 0 Å². The molecule has 0 unspecified atom stereocenters. The largest absolute Gasteiger partial charge is 0.0622 e. The summed E-state index contributed by atoms with van der Waals surface area (Å²) in [5.41, 5.74) is 9.99. The van der Waals surface area contributed by atoms with E-state index in [1.165, 1.54) is 87.6 Å². The van der Waals surface area contributed by atoms with Crippen molar-refractivity contribution in [2.24, 2.45) is 0 Å². The highest BCUT2D eigenvalue weighted by Gasteiger charge is 2.21. The maximum Gasteiger partial charge on any atom is -0.00141 e. The van der Waals surface area contributed by atoms with E-state index in [1.807, 2.05) is 0 Å². The first-order valence-electron chi connectivity index (χ1n) is 15.9. The highest BCUT2D eigenvalue weighted by Crippen LogP contribution is 2.48. The van der Waals surface area contributed by atoms with Crippen LogP contribution in [0.4, 0.5) is 0 Å². The summed E-state index contributed by atoms with van der Waals surface area (Å²) in [7, 11) is 0. The normalized spacial score (nSPS) is 11.5. The van der Waals surface area contributed by atoms with Crippen LogP contribution in [0.15, 0.2) is 182 Å². The Morgan fingerprint density at radius 3 is 1.43 bits per heavy atom. The summed E-state index contributed by atoms with van der Waals surface area (Å²) in [6.45, 7) is 0. The van der Waals surface area contributed by atoms with Gasteiger partial charge in [-0.25, -0.2) is 0 Å². The molecular formula is C46H30. The van der Waals surface area contributed by atoms with Crippen LogP contribution in [0.1, 0.15) is 0 Å². The van der Waals surface area contributed by atoms with Gasteiger partial charge in [-0.05, 0) is 93.7 Å². The summed E-state index contributed by atoms with van der Waals surface area (Å²) in [5, 5.41) is 10.1. The lowest BCUT2D eigenvalue weighted by atomic mass is 9.82. The van der Waals surface area contributed by atoms with Gasteiger partial charge in [-0.2, -0.15) is 0 Å². The minimum atomic E-state index is 1.22. The molecule has 0 aromatic heterocycles. The Bertz CT molecular complexity index is 2560. The highest BCUT2D eigenvalue weighted by molar-refractivity contribution is 6.26. The van der Waals surface area contributed by atoms with Crippen molar-refractivity contribution in [1.29, 1.82) is 0 Å². The monoisotopic (exact) mass is 582 g/mol. The number of hydrogen-bond acceptors (Lipinski definition) is 0. The van der Waals surface area contributed by atoms with Crippen molar-refractivity contribution in [2.75, 3.05) is 0 Å². The molecule has 9 aromatic rings. The molecule has 0 atom stereocenters. The van der Waals surface area contributed by atoms with Gasteiger partial charge in [0, 0.05) is 0 Å². The van der Waals surface area contributed by atoms with E-state index >= 15 is 0 Å². The average molecular weight is 583 g/mol. The molecule has 0 aliphatic rings. The lowest BCUT2D eigenvalue weighted by Gasteiger charge is -2.21. The maximum absolute atomic E-state index is 2.39. The molecule has 0 saturated carbocycles. The SMILES string of the molecule is c1ccc(-c2cccc3c(-c4cccc5ccccc45)c4ccccc4c(-c4cccc(-c5cccc6ccccc56)c4)c23)cc1. The lowest BCUT2D eigenvalue weighted by molar-refractivity contribution is 1.62. The Morgan fingerprint density at radius 2 is 0.696 bits per heavy atom. The van der Waals surface area contributed by atoms with Crippen LogP contribution in [0.25, 0.3) is 87.6 Å². The molecule has 0 N–H and O–H groups in total. The van der Waals surface area contributed by atoms with Crippen molar-refractivity contribution in [2.45, 2.75) is 0 Å². The second-order valence-electron chi connectivity index (χ2n) is 12.0. The molecule has 0 aliphatic heterocycles. The zero-order valence-corrected chi connectivity index (χ0v) is 25.3. The molecule has 0 aliphatic carbocycles. The first kappa shape index (κ1) is 26.4. The number of hydrogen-bond donors (Lipinski definition) is 0. The Balaban J connectivity index is 1.43. The molecule has 0 amide bonds. The van der Waals surface area contributed by atoms with Crippen LogP contribution in [0.3, 0.4) is 0 Å².